The number of rotatable bonds is 2. The molecule has 0 fully saturated rings. The van der Waals surface area contributed by atoms with Crippen LogP contribution in [0.2, 0.25) is 0 Å². The van der Waals surface area contributed by atoms with Gasteiger partial charge in [0.2, 0.25) is 0 Å². The minimum atomic E-state index is 0. The molecule has 0 nitrogen and oxygen atoms in total. The van der Waals surface area contributed by atoms with E-state index in [1.165, 1.54) is 30.3 Å². The van der Waals surface area contributed by atoms with Crippen LogP contribution in [0.4, 0.5) is 0 Å². The summed E-state index contributed by atoms with van der Waals surface area (Å²) in [5, 5.41) is 0. The third-order valence-electron chi connectivity index (χ3n) is 0.872. The maximum absolute atomic E-state index is 2.22. The van der Waals surface area contributed by atoms with Gasteiger partial charge in [-0.15, -0.1) is 24.8 Å². The van der Waals surface area contributed by atoms with Crippen molar-refractivity contribution in [3.05, 3.63) is 21.5 Å². The van der Waals surface area contributed by atoms with Crippen LogP contribution in [0.5, 0.6) is 0 Å². The summed E-state index contributed by atoms with van der Waals surface area (Å²) in [5.41, 5.74) is 1.38. The number of allylic oxidation sites excluding steroid dienone is 3. The van der Waals surface area contributed by atoms with Crippen molar-refractivity contribution in [3.63, 3.8) is 0 Å². The molecule has 0 saturated carbocycles. The Bertz CT molecular complexity index is 108. The van der Waals surface area contributed by atoms with Gasteiger partial charge >= 0.3 is 66.5 Å². The minimum Gasteiger partial charge on any atom is -0.147 e. The van der Waals surface area contributed by atoms with Gasteiger partial charge in [0.25, 0.3) is 0 Å². The zero-order chi connectivity index (χ0) is 6.41. The summed E-state index contributed by atoms with van der Waals surface area (Å²) in [6.45, 7) is 4.28. The SMILES string of the molecule is CCC=C(C)C=[CH][Zr].Cl.Cl. The molecule has 0 heterocycles. The Morgan fingerprint density at radius 3 is 2.20 bits per heavy atom. The van der Waals surface area contributed by atoms with Crippen LogP contribution in [0.15, 0.2) is 21.5 Å². The average Bonchev–Trinajstić information content (AvgIpc) is 1.68. The molecule has 10 heavy (non-hydrogen) atoms. The van der Waals surface area contributed by atoms with Crippen LogP contribution in [0.25, 0.3) is 0 Å². The Balaban J connectivity index is -0.000000245. The molecule has 0 aliphatic carbocycles. The van der Waals surface area contributed by atoms with Gasteiger partial charge in [0.05, 0.1) is 0 Å². The van der Waals surface area contributed by atoms with Gasteiger partial charge in [-0.2, -0.15) is 0 Å². The van der Waals surface area contributed by atoms with Crippen LogP contribution in [0, 0.1) is 0 Å². The monoisotopic (exact) mass is 257 g/mol. The largest absolute Gasteiger partial charge is 0.147 e. The van der Waals surface area contributed by atoms with E-state index in [1.807, 2.05) is 0 Å². The van der Waals surface area contributed by atoms with Crippen LogP contribution in [-0.2, 0) is 24.7 Å². The molecule has 0 bridgehead atoms. The Labute approximate surface area is 90.8 Å². The van der Waals surface area contributed by atoms with E-state index in [-0.39, 0.29) is 24.8 Å². The van der Waals surface area contributed by atoms with Gasteiger partial charge in [0.1, 0.15) is 0 Å². The molecule has 0 unspecified atom stereocenters. The van der Waals surface area contributed by atoms with Crippen molar-refractivity contribution in [3.8, 4) is 0 Å². The second-order valence-corrected chi connectivity index (χ2v) is 2.51. The molecule has 0 radical (unpaired) electrons. The van der Waals surface area contributed by atoms with Crippen LogP contribution in [0.1, 0.15) is 20.3 Å². The van der Waals surface area contributed by atoms with Gasteiger partial charge in [0, 0.05) is 0 Å². The third kappa shape index (κ3) is 11.7. The minimum absolute atomic E-state index is 0. The molecule has 0 spiro atoms. The Morgan fingerprint density at radius 2 is 1.90 bits per heavy atom. The van der Waals surface area contributed by atoms with Crippen molar-refractivity contribution in [1.82, 2.24) is 0 Å². The predicted molar refractivity (Wildman–Crippen MR) is 47.7 cm³/mol. The fourth-order valence-corrected chi connectivity index (χ4v) is 1.17. The molecule has 0 saturated heterocycles. The zero-order valence-corrected chi connectivity index (χ0v) is 10.3. The van der Waals surface area contributed by atoms with Crippen LogP contribution in [0.3, 0.4) is 0 Å². The maximum Gasteiger partial charge on any atom is -0.147 e. The molecule has 0 atom stereocenters. The summed E-state index contributed by atoms with van der Waals surface area (Å²) in [6, 6.07) is 0. The van der Waals surface area contributed by atoms with Gasteiger partial charge in [0.15, 0.2) is 0 Å². The fraction of sp³-hybridized carbons (Fsp3) is 0.429. The quantitative estimate of drug-likeness (QED) is 0.668. The number of hydrogen-bond donors (Lipinski definition) is 0. The fourth-order valence-electron chi connectivity index (χ4n) is 0.521. The summed E-state index contributed by atoms with van der Waals surface area (Å²) >= 11 is 1.48. The standard InChI is InChI=1S/C7H11.2ClH.Zr/c1-4-6-7(3)5-2;;;/h2,5-6H,4H2,1,3H3;2*1H;. The normalized spacial score (nSPS) is 10.3. The first-order valence-corrected chi connectivity index (χ1v) is 4.23. The number of halogens is 2. The van der Waals surface area contributed by atoms with Crippen molar-refractivity contribution in [2.24, 2.45) is 0 Å². The summed E-state index contributed by atoms with van der Waals surface area (Å²) in [4.78, 5) is 0. The molecular formula is C7H13Cl2Zr. The van der Waals surface area contributed by atoms with Crippen LogP contribution >= 0.6 is 24.8 Å². The zero-order valence-electron chi connectivity index (χ0n) is 6.26. The Morgan fingerprint density at radius 1 is 1.40 bits per heavy atom. The molecule has 0 aromatic carbocycles. The predicted octanol–water partition coefficient (Wildman–Crippen LogP) is 3.25. The first kappa shape index (κ1) is 17.1. The van der Waals surface area contributed by atoms with Gasteiger partial charge in [-0.05, 0) is 0 Å². The third-order valence-corrected chi connectivity index (χ3v) is 1.28. The van der Waals surface area contributed by atoms with Gasteiger partial charge in [-0.25, -0.2) is 0 Å². The van der Waals surface area contributed by atoms with Crippen molar-refractivity contribution in [2.75, 3.05) is 0 Å². The second-order valence-electron chi connectivity index (χ2n) is 1.69. The molecule has 0 aliphatic heterocycles. The van der Waals surface area contributed by atoms with E-state index in [9.17, 15) is 0 Å². The molecule has 0 amide bonds. The van der Waals surface area contributed by atoms with E-state index in [4.69, 9.17) is 0 Å². The first-order chi connectivity index (χ1) is 3.81. The molecular weight excluding hydrogens is 246 g/mol. The maximum atomic E-state index is 2.22. The van der Waals surface area contributed by atoms with E-state index in [0.29, 0.717) is 0 Å². The molecule has 0 aromatic heterocycles. The van der Waals surface area contributed by atoms with Crippen molar-refractivity contribution in [1.29, 1.82) is 0 Å². The van der Waals surface area contributed by atoms with Crippen LogP contribution in [-0.4, -0.2) is 0 Å². The molecule has 0 aliphatic rings. The van der Waals surface area contributed by atoms with E-state index in [2.05, 4.69) is 29.8 Å². The smallest absolute Gasteiger partial charge is 0.147 e. The Kier molecular flexibility index (Phi) is 21.6. The van der Waals surface area contributed by atoms with Gasteiger partial charge in [-0.3, -0.25) is 0 Å². The van der Waals surface area contributed by atoms with E-state index in [1.54, 1.807) is 0 Å². The molecule has 0 N–H and O–H groups in total. The summed E-state index contributed by atoms with van der Waals surface area (Å²) in [5.74, 6) is 0. The van der Waals surface area contributed by atoms with E-state index < -0.39 is 0 Å². The second kappa shape index (κ2) is 12.6. The Hall–Kier alpha value is 0.943. The molecule has 0 aromatic rings. The van der Waals surface area contributed by atoms with E-state index in [0.717, 1.165) is 6.42 Å². The van der Waals surface area contributed by atoms with Crippen LogP contribution < -0.4 is 0 Å². The average molecular weight is 259 g/mol. The van der Waals surface area contributed by atoms with Crippen molar-refractivity contribution >= 4 is 24.8 Å². The van der Waals surface area contributed by atoms with Crippen molar-refractivity contribution < 1.29 is 24.7 Å². The summed E-state index contributed by atoms with van der Waals surface area (Å²) in [7, 11) is 0. The summed E-state index contributed by atoms with van der Waals surface area (Å²) in [6.07, 6.45) is 5.52. The topological polar surface area (TPSA) is 0 Å². The van der Waals surface area contributed by atoms with Crippen molar-refractivity contribution in [2.45, 2.75) is 20.3 Å². The molecule has 3 heteroatoms. The van der Waals surface area contributed by atoms with Gasteiger partial charge < -0.3 is 0 Å². The molecule has 59 valence electrons. The first-order valence-electron chi connectivity index (χ1n) is 2.81. The van der Waals surface area contributed by atoms with E-state index >= 15 is 0 Å². The number of hydrogen-bond acceptors (Lipinski definition) is 0. The summed E-state index contributed by atoms with van der Waals surface area (Å²) < 4.78 is 2.15. The molecule has 0 rings (SSSR count). The van der Waals surface area contributed by atoms with Gasteiger partial charge in [-0.1, -0.05) is 0 Å².